The lowest BCUT2D eigenvalue weighted by atomic mass is 9.94. The van der Waals surface area contributed by atoms with E-state index in [1.165, 1.54) is 17.5 Å². The van der Waals surface area contributed by atoms with Crippen molar-refractivity contribution >= 4 is 0 Å². The maximum absolute atomic E-state index is 9.47. The first kappa shape index (κ1) is 12.4. The Morgan fingerprint density at radius 3 is 3.18 bits per heavy atom. The minimum absolute atomic E-state index is 0.274. The Morgan fingerprint density at radius 2 is 2.35 bits per heavy atom. The molecule has 1 unspecified atom stereocenters. The highest BCUT2D eigenvalue weighted by Crippen LogP contribution is 2.26. The third kappa shape index (κ3) is 3.20. The number of hydrogen-bond acceptors (Lipinski definition) is 3. The summed E-state index contributed by atoms with van der Waals surface area (Å²) in [4.78, 5) is 0. The molecule has 1 aliphatic heterocycles. The van der Waals surface area contributed by atoms with Gasteiger partial charge in [0.05, 0.1) is 12.6 Å². The summed E-state index contributed by atoms with van der Waals surface area (Å²) in [5.41, 5.74) is 2.51. The topological polar surface area (TPSA) is 41.5 Å². The molecule has 0 aromatic heterocycles. The van der Waals surface area contributed by atoms with Crippen molar-refractivity contribution in [2.45, 2.75) is 32.2 Å². The summed E-state index contributed by atoms with van der Waals surface area (Å²) >= 11 is 0. The molecule has 1 aromatic carbocycles. The molecule has 0 bridgehead atoms. The second-order valence-corrected chi connectivity index (χ2v) is 4.57. The smallest absolute Gasteiger partial charge is 0.115 e. The van der Waals surface area contributed by atoms with Crippen LogP contribution in [0.5, 0.6) is 5.75 Å². The molecule has 1 aliphatic rings. The molecule has 2 rings (SSSR count). The Hall–Kier alpha value is -1.06. The second-order valence-electron chi connectivity index (χ2n) is 4.57. The van der Waals surface area contributed by atoms with E-state index in [0.717, 1.165) is 32.6 Å². The minimum atomic E-state index is 0.274. The Kier molecular flexibility index (Phi) is 4.40. The van der Waals surface area contributed by atoms with Gasteiger partial charge in [-0.2, -0.15) is 0 Å². The van der Waals surface area contributed by atoms with Crippen LogP contribution in [-0.4, -0.2) is 24.9 Å². The molecular weight excluding hydrogens is 214 g/mol. The summed E-state index contributed by atoms with van der Waals surface area (Å²) < 4.78 is 5.68. The second kappa shape index (κ2) is 6.03. The summed E-state index contributed by atoms with van der Waals surface area (Å²) in [5, 5.41) is 12.9. The molecule has 0 fully saturated rings. The molecule has 3 heteroatoms. The van der Waals surface area contributed by atoms with E-state index in [-0.39, 0.29) is 6.04 Å². The van der Waals surface area contributed by atoms with Gasteiger partial charge < -0.3 is 15.2 Å². The van der Waals surface area contributed by atoms with Gasteiger partial charge in [0.2, 0.25) is 0 Å². The SMILES string of the molecule is CCCCOCC1NCCc2cc(O)ccc21. The number of phenols is 1. The van der Waals surface area contributed by atoms with E-state index in [9.17, 15) is 5.11 Å². The van der Waals surface area contributed by atoms with Gasteiger partial charge in [-0.25, -0.2) is 0 Å². The van der Waals surface area contributed by atoms with Crippen molar-refractivity contribution in [1.29, 1.82) is 0 Å². The first-order chi connectivity index (χ1) is 8.31. The highest BCUT2D eigenvalue weighted by molar-refractivity contribution is 5.38. The van der Waals surface area contributed by atoms with E-state index >= 15 is 0 Å². The minimum Gasteiger partial charge on any atom is -0.508 e. The molecule has 0 aliphatic carbocycles. The van der Waals surface area contributed by atoms with Gasteiger partial charge in [0, 0.05) is 6.61 Å². The number of aromatic hydroxyl groups is 1. The van der Waals surface area contributed by atoms with Crippen molar-refractivity contribution in [3.63, 3.8) is 0 Å². The summed E-state index contributed by atoms with van der Waals surface area (Å²) in [6, 6.07) is 5.90. The molecule has 3 nitrogen and oxygen atoms in total. The fourth-order valence-electron chi connectivity index (χ4n) is 2.24. The van der Waals surface area contributed by atoms with Gasteiger partial charge in [-0.15, -0.1) is 0 Å². The van der Waals surface area contributed by atoms with Gasteiger partial charge >= 0.3 is 0 Å². The summed E-state index contributed by atoms with van der Waals surface area (Å²) in [6.45, 7) is 4.68. The number of unbranched alkanes of at least 4 members (excludes halogenated alkanes) is 1. The van der Waals surface area contributed by atoms with Gasteiger partial charge in [-0.1, -0.05) is 19.4 Å². The van der Waals surface area contributed by atoms with Crippen LogP contribution in [0.2, 0.25) is 0 Å². The summed E-state index contributed by atoms with van der Waals surface area (Å²) in [5.74, 6) is 0.358. The molecule has 0 amide bonds. The van der Waals surface area contributed by atoms with E-state index in [1.54, 1.807) is 6.07 Å². The highest BCUT2D eigenvalue weighted by atomic mass is 16.5. The molecule has 0 radical (unpaired) electrons. The molecule has 0 spiro atoms. The lowest BCUT2D eigenvalue weighted by Crippen LogP contribution is -2.32. The summed E-state index contributed by atoms with van der Waals surface area (Å²) in [7, 11) is 0. The van der Waals surface area contributed by atoms with Gasteiger partial charge in [0.15, 0.2) is 0 Å². The normalized spacial score (nSPS) is 19.0. The lowest BCUT2D eigenvalue weighted by Gasteiger charge is -2.27. The number of fused-ring (bicyclic) bond motifs is 1. The fraction of sp³-hybridized carbons (Fsp3) is 0.571. The third-order valence-electron chi connectivity index (χ3n) is 3.21. The largest absolute Gasteiger partial charge is 0.508 e. The van der Waals surface area contributed by atoms with Gasteiger partial charge in [-0.05, 0) is 42.6 Å². The van der Waals surface area contributed by atoms with Gasteiger partial charge in [-0.3, -0.25) is 0 Å². The predicted molar refractivity (Wildman–Crippen MR) is 68.3 cm³/mol. The van der Waals surface area contributed by atoms with Crippen molar-refractivity contribution in [2.24, 2.45) is 0 Å². The van der Waals surface area contributed by atoms with Crippen LogP contribution < -0.4 is 5.32 Å². The number of ether oxygens (including phenoxy) is 1. The molecule has 1 heterocycles. The van der Waals surface area contributed by atoms with Crippen LogP contribution in [0.3, 0.4) is 0 Å². The first-order valence-corrected chi connectivity index (χ1v) is 6.44. The third-order valence-corrected chi connectivity index (χ3v) is 3.21. The number of nitrogens with one attached hydrogen (secondary N) is 1. The van der Waals surface area contributed by atoms with Gasteiger partial charge in [0.25, 0.3) is 0 Å². The Bertz CT molecular complexity index is 365. The Morgan fingerprint density at radius 1 is 1.47 bits per heavy atom. The average molecular weight is 235 g/mol. The number of benzene rings is 1. The molecule has 0 saturated carbocycles. The zero-order valence-electron chi connectivity index (χ0n) is 10.4. The Labute approximate surface area is 103 Å². The molecule has 94 valence electrons. The van der Waals surface area contributed by atoms with Crippen LogP contribution in [0.25, 0.3) is 0 Å². The van der Waals surface area contributed by atoms with Crippen molar-refractivity contribution < 1.29 is 9.84 Å². The molecule has 2 N–H and O–H groups in total. The average Bonchev–Trinajstić information content (AvgIpc) is 2.34. The van der Waals surface area contributed by atoms with Crippen LogP contribution in [0, 0.1) is 0 Å². The molecule has 17 heavy (non-hydrogen) atoms. The van der Waals surface area contributed by atoms with Crippen molar-refractivity contribution in [1.82, 2.24) is 5.32 Å². The summed E-state index contributed by atoms with van der Waals surface area (Å²) in [6.07, 6.45) is 3.27. The fourth-order valence-corrected chi connectivity index (χ4v) is 2.24. The lowest BCUT2D eigenvalue weighted by molar-refractivity contribution is 0.107. The van der Waals surface area contributed by atoms with Crippen LogP contribution in [-0.2, 0) is 11.2 Å². The van der Waals surface area contributed by atoms with E-state index in [0.29, 0.717) is 5.75 Å². The van der Waals surface area contributed by atoms with Crippen LogP contribution in [0.4, 0.5) is 0 Å². The zero-order chi connectivity index (χ0) is 12.1. The van der Waals surface area contributed by atoms with Crippen LogP contribution >= 0.6 is 0 Å². The monoisotopic (exact) mass is 235 g/mol. The number of hydrogen-bond donors (Lipinski definition) is 2. The van der Waals surface area contributed by atoms with Crippen LogP contribution in [0.15, 0.2) is 18.2 Å². The van der Waals surface area contributed by atoms with Crippen molar-refractivity contribution in [3.8, 4) is 5.75 Å². The van der Waals surface area contributed by atoms with Crippen molar-refractivity contribution in [3.05, 3.63) is 29.3 Å². The molecule has 1 aromatic rings. The molecule has 0 saturated heterocycles. The standard InChI is InChI=1S/C14H21NO2/c1-2-3-8-17-10-14-13-5-4-12(16)9-11(13)6-7-15-14/h4-5,9,14-16H,2-3,6-8,10H2,1H3. The van der Waals surface area contributed by atoms with E-state index in [2.05, 4.69) is 12.2 Å². The number of phenolic OH excluding ortho intramolecular Hbond substituents is 1. The molecular formula is C14H21NO2. The van der Waals surface area contributed by atoms with E-state index < -0.39 is 0 Å². The molecule has 1 atom stereocenters. The van der Waals surface area contributed by atoms with E-state index in [1.807, 2.05) is 12.1 Å². The van der Waals surface area contributed by atoms with Crippen LogP contribution in [0.1, 0.15) is 36.9 Å². The first-order valence-electron chi connectivity index (χ1n) is 6.44. The maximum atomic E-state index is 9.47. The maximum Gasteiger partial charge on any atom is 0.115 e. The van der Waals surface area contributed by atoms with Gasteiger partial charge in [0.1, 0.15) is 5.75 Å². The zero-order valence-corrected chi connectivity index (χ0v) is 10.4. The number of rotatable bonds is 5. The highest BCUT2D eigenvalue weighted by Gasteiger charge is 2.19. The Balaban J connectivity index is 1.97. The van der Waals surface area contributed by atoms with Crippen molar-refractivity contribution in [2.75, 3.05) is 19.8 Å². The van der Waals surface area contributed by atoms with E-state index in [4.69, 9.17) is 4.74 Å². The predicted octanol–water partition coefficient (Wildman–Crippen LogP) is 2.40. The quantitative estimate of drug-likeness (QED) is 0.770.